The van der Waals surface area contributed by atoms with E-state index in [2.05, 4.69) is 13.0 Å². The van der Waals surface area contributed by atoms with Gasteiger partial charge in [-0.05, 0) is 36.7 Å². The highest BCUT2D eigenvalue weighted by molar-refractivity contribution is 5.97. The minimum absolute atomic E-state index is 0.273. The first kappa shape index (κ1) is 7.08. The summed E-state index contributed by atoms with van der Waals surface area (Å²) in [5, 5.41) is 0. The van der Waals surface area contributed by atoms with Crippen molar-refractivity contribution >= 4 is 5.78 Å². The molecule has 1 saturated carbocycles. The molecule has 0 radical (unpaired) electrons. The van der Waals surface area contributed by atoms with Crippen LogP contribution in [0.2, 0.25) is 0 Å². The summed E-state index contributed by atoms with van der Waals surface area (Å²) < 4.78 is 0. The summed E-state index contributed by atoms with van der Waals surface area (Å²) in [5.74, 6) is 0.413. The Labute approximate surface area is 67.5 Å². The van der Waals surface area contributed by atoms with Gasteiger partial charge in [-0.15, -0.1) is 0 Å². The molecule has 0 N–H and O–H groups in total. The largest absolute Gasteiger partial charge is 0.295 e. The van der Waals surface area contributed by atoms with Crippen LogP contribution in [0, 0.1) is 5.41 Å². The van der Waals surface area contributed by atoms with Gasteiger partial charge in [0.2, 0.25) is 0 Å². The lowest BCUT2D eigenvalue weighted by Crippen LogP contribution is -2.25. The molecule has 60 valence electrons. The summed E-state index contributed by atoms with van der Waals surface area (Å²) in [6.07, 6.45) is 7.60. The lowest BCUT2D eigenvalue weighted by molar-refractivity contribution is -0.117. The smallest absolute Gasteiger partial charge is 0.159 e. The third kappa shape index (κ3) is 0.943. The van der Waals surface area contributed by atoms with Gasteiger partial charge < -0.3 is 0 Å². The Morgan fingerprint density at radius 1 is 1.45 bits per heavy atom. The third-order valence-electron chi connectivity index (χ3n) is 3.13. The van der Waals surface area contributed by atoms with Crippen molar-refractivity contribution < 1.29 is 4.79 Å². The highest BCUT2D eigenvalue weighted by Crippen LogP contribution is 2.46. The summed E-state index contributed by atoms with van der Waals surface area (Å²) >= 11 is 0. The van der Waals surface area contributed by atoms with Gasteiger partial charge in [0.25, 0.3) is 0 Å². The van der Waals surface area contributed by atoms with Crippen LogP contribution in [0.3, 0.4) is 0 Å². The fourth-order valence-corrected chi connectivity index (χ4v) is 2.40. The van der Waals surface area contributed by atoms with E-state index in [0.717, 1.165) is 24.8 Å². The van der Waals surface area contributed by atoms with Crippen LogP contribution in [0.15, 0.2) is 11.6 Å². The number of carbonyl (C=O) groups is 1. The van der Waals surface area contributed by atoms with Gasteiger partial charge in [0.05, 0.1) is 0 Å². The van der Waals surface area contributed by atoms with Gasteiger partial charge in [-0.1, -0.05) is 13.0 Å². The monoisotopic (exact) mass is 150 g/mol. The quantitative estimate of drug-likeness (QED) is 0.518. The predicted molar refractivity (Wildman–Crippen MR) is 44.3 cm³/mol. The zero-order valence-corrected chi connectivity index (χ0v) is 7.02. The van der Waals surface area contributed by atoms with E-state index in [1.54, 1.807) is 0 Å². The molecule has 0 aromatic carbocycles. The molecule has 0 bridgehead atoms. The van der Waals surface area contributed by atoms with Gasteiger partial charge in [0.1, 0.15) is 0 Å². The van der Waals surface area contributed by atoms with Crippen LogP contribution in [-0.4, -0.2) is 5.78 Å². The van der Waals surface area contributed by atoms with Crippen LogP contribution in [-0.2, 0) is 4.79 Å². The summed E-state index contributed by atoms with van der Waals surface area (Å²) in [4.78, 5) is 11.4. The van der Waals surface area contributed by atoms with Crippen molar-refractivity contribution in [3.8, 4) is 0 Å². The van der Waals surface area contributed by atoms with Gasteiger partial charge in [-0.2, -0.15) is 0 Å². The average molecular weight is 150 g/mol. The molecule has 0 spiro atoms. The first-order valence-corrected chi connectivity index (χ1v) is 4.46. The maximum atomic E-state index is 11.4. The third-order valence-corrected chi connectivity index (χ3v) is 3.13. The highest BCUT2D eigenvalue weighted by Gasteiger charge is 2.38. The molecule has 1 atom stereocenters. The molecule has 1 unspecified atom stereocenters. The Morgan fingerprint density at radius 3 is 3.00 bits per heavy atom. The normalized spacial score (nSPS) is 36.8. The van der Waals surface area contributed by atoms with Gasteiger partial charge in [0, 0.05) is 6.42 Å². The van der Waals surface area contributed by atoms with Crippen LogP contribution >= 0.6 is 0 Å². The van der Waals surface area contributed by atoms with E-state index < -0.39 is 0 Å². The molecule has 1 heteroatoms. The van der Waals surface area contributed by atoms with E-state index in [4.69, 9.17) is 0 Å². The second-order valence-electron chi connectivity index (χ2n) is 3.99. The Balaban J connectivity index is 2.33. The Morgan fingerprint density at radius 2 is 2.27 bits per heavy atom. The summed E-state index contributed by atoms with van der Waals surface area (Å²) in [6.45, 7) is 2.24. The number of allylic oxidation sites excluding steroid dienone is 2. The van der Waals surface area contributed by atoms with Gasteiger partial charge in [-0.25, -0.2) is 0 Å². The fraction of sp³-hybridized carbons (Fsp3) is 0.700. The molecule has 2 rings (SSSR count). The number of hydrogen-bond acceptors (Lipinski definition) is 1. The standard InChI is InChI=1S/C10H14O/c1-10-6-2-4-8(10)9(11)5-3-7-10/h4H,2-3,5-7H2,1H3. The maximum Gasteiger partial charge on any atom is 0.159 e. The highest BCUT2D eigenvalue weighted by atomic mass is 16.1. The van der Waals surface area contributed by atoms with Crippen LogP contribution < -0.4 is 0 Å². The molecule has 0 amide bonds. The van der Waals surface area contributed by atoms with Crippen LogP contribution in [0.1, 0.15) is 39.0 Å². The van der Waals surface area contributed by atoms with Crippen LogP contribution in [0.5, 0.6) is 0 Å². The van der Waals surface area contributed by atoms with Gasteiger partial charge in [-0.3, -0.25) is 4.79 Å². The topological polar surface area (TPSA) is 17.1 Å². The average Bonchev–Trinajstić information content (AvgIpc) is 2.31. The zero-order chi connectivity index (χ0) is 7.90. The van der Waals surface area contributed by atoms with Crippen molar-refractivity contribution in [1.29, 1.82) is 0 Å². The fourth-order valence-electron chi connectivity index (χ4n) is 2.40. The van der Waals surface area contributed by atoms with E-state index in [1.165, 1.54) is 12.8 Å². The molecule has 0 heterocycles. The zero-order valence-electron chi connectivity index (χ0n) is 7.02. The molecule has 1 fully saturated rings. The molecule has 0 aliphatic heterocycles. The minimum Gasteiger partial charge on any atom is -0.295 e. The maximum absolute atomic E-state index is 11.4. The van der Waals surface area contributed by atoms with Crippen molar-refractivity contribution in [2.24, 2.45) is 5.41 Å². The number of rotatable bonds is 0. The van der Waals surface area contributed by atoms with E-state index in [0.29, 0.717) is 5.78 Å². The van der Waals surface area contributed by atoms with Crippen molar-refractivity contribution in [1.82, 2.24) is 0 Å². The van der Waals surface area contributed by atoms with Crippen molar-refractivity contribution in [2.45, 2.75) is 39.0 Å². The number of hydrogen-bond donors (Lipinski definition) is 0. The van der Waals surface area contributed by atoms with Crippen LogP contribution in [0.4, 0.5) is 0 Å². The van der Waals surface area contributed by atoms with Gasteiger partial charge >= 0.3 is 0 Å². The summed E-state index contributed by atoms with van der Waals surface area (Å²) in [7, 11) is 0. The minimum atomic E-state index is 0.273. The predicted octanol–water partition coefficient (Wildman–Crippen LogP) is 2.47. The van der Waals surface area contributed by atoms with Crippen molar-refractivity contribution in [3.05, 3.63) is 11.6 Å². The summed E-state index contributed by atoms with van der Waals surface area (Å²) in [6, 6.07) is 0. The molecule has 0 saturated heterocycles. The molecule has 0 aromatic rings. The first-order valence-electron chi connectivity index (χ1n) is 4.46. The molecular formula is C10H14O. The number of fused-ring (bicyclic) bond motifs is 1. The van der Waals surface area contributed by atoms with E-state index in [9.17, 15) is 4.79 Å². The molecular weight excluding hydrogens is 136 g/mol. The van der Waals surface area contributed by atoms with E-state index in [-0.39, 0.29) is 5.41 Å². The molecule has 0 aromatic heterocycles. The lowest BCUT2D eigenvalue weighted by atomic mass is 9.72. The number of Topliss-reactive ketones (excluding diaryl/α,β-unsaturated/α-hetero) is 1. The molecule has 2 aliphatic rings. The Kier molecular flexibility index (Phi) is 1.41. The molecule has 2 aliphatic carbocycles. The first-order chi connectivity index (χ1) is 5.22. The van der Waals surface area contributed by atoms with Gasteiger partial charge in [0.15, 0.2) is 5.78 Å². The second-order valence-corrected chi connectivity index (χ2v) is 3.99. The van der Waals surface area contributed by atoms with Crippen molar-refractivity contribution in [3.63, 3.8) is 0 Å². The van der Waals surface area contributed by atoms with Crippen molar-refractivity contribution in [2.75, 3.05) is 0 Å². The van der Waals surface area contributed by atoms with E-state index >= 15 is 0 Å². The Bertz CT molecular complexity index is 227. The molecule has 11 heavy (non-hydrogen) atoms. The SMILES string of the molecule is CC12CCC=C1C(=O)CCC2. The lowest BCUT2D eigenvalue weighted by Gasteiger charge is -2.31. The van der Waals surface area contributed by atoms with Crippen LogP contribution in [0.25, 0.3) is 0 Å². The summed E-state index contributed by atoms with van der Waals surface area (Å²) in [5.41, 5.74) is 1.42. The molecule has 1 nitrogen and oxygen atoms in total. The number of carbonyl (C=O) groups excluding carboxylic acids is 1. The Hall–Kier alpha value is -0.590. The van der Waals surface area contributed by atoms with E-state index in [1.807, 2.05) is 0 Å². The number of ketones is 1. The second kappa shape index (κ2) is 2.20.